The summed E-state index contributed by atoms with van der Waals surface area (Å²) in [5, 5.41) is 10.3. The maximum absolute atomic E-state index is 13.2. The molecule has 1 aromatic rings. The van der Waals surface area contributed by atoms with Crippen LogP contribution in [0.15, 0.2) is 24.3 Å². The molecular formula is C19H28N2O2+2. The number of quaternary nitrogens is 2. The second-order valence-electron chi connectivity index (χ2n) is 8.29. The largest absolute Gasteiger partial charge is 0.507 e. The summed E-state index contributed by atoms with van der Waals surface area (Å²) in [6.45, 7) is 8.12. The summed E-state index contributed by atoms with van der Waals surface area (Å²) in [6, 6.07) is 7.76. The van der Waals surface area contributed by atoms with Crippen molar-refractivity contribution < 1.29 is 19.7 Å². The number of hydrogen-bond donors (Lipinski definition) is 3. The third-order valence-electron chi connectivity index (χ3n) is 6.47. The summed E-state index contributed by atoms with van der Waals surface area (Å²) in [5.74, 6) is 0.936. The van der Waals surface area contributed by atoms with Gasteiger partial charge in [-0.15, -0.1) is 0 Å². The molecule has 4 aliphatic rings. The van der Waals surface area contributed by atoms with Gasteiger partial charge in [-0.3, -0.25) is 14.6 Å². The Morgan fingerprint density at radius 3 is 2.43 bits per heavy atom. The van der Waals surface area contributed by atoms with Crippen molar-refractivity contribution in [3.8, 4) is 5.75 Å². The highest BCUT2D eigenvalue weighted by molar-refractivity contribution is 5.91. The van der Waals surface area contributed by atoms with E-state index in [0.717, 1.165) is 51.0 Å². The van der Waals surface area contributed by atoms with Gasteiger partial charge in [0.15, 0.2) is 5.78 Å². The van der Waals surface area contributed by atoms with Gasteiger partial charge in [0, 0.05) is 0 Å². The number of phenolic OH excluding ortho intramolecular Hbond substituents is 1. The summed E-state index contributed by atoms with van der Waals surface area (Å²) in [7, 11) is 0. The highest BCUT2D eigenvalue weighted by Crippen LogP contribution is 2.40. The Labute approximate surface area is 138 Å². The minimum absolute atomic E-state index is 0.118. The molecule has 4 saturated heterocycles. The maximum Gasteiger partial charge on any atom is 0.243 e. The predicted octanol–water partition coefficient (Wildman–Crippen LogP) is -0.0466. The molecule has 0 aliphatic carbocycles. The number of carbonyl (C=O) groups excluding carboxylic acids is 1. The Hall–Kier alpha value is -1.39. The molecule has 0 aromatic heterocycles. The van der Waals surface area contributed by atoms with Crippen LogP contribution in [0.5, 0.6) is 5.75 Å². The second-order valence-corrected chi connectivity index (χ2v) is 8.29. The SMILES string of the molecule is CCCCC12C[NH+]3CC(C)(C[NH+](C1)C3c1ccccc1O)C2=O. The van der Waals surface area contributed by atoms with Gasteiger partial charge in [0.1, 0.15) is 48.3 Å². The molecule has 0 saturated carbocycles. The molecule has 4 nitrogen and oxygen atoms in total. The summed E-state index contributed by atoms with van der Waals surface area (Å²) >= 11 is 0. The quantitative estimate of drug-likeness (QED) is 0.730. The molecular weight excluding hydrogens is 288 g/mol. The molecule has 4 heteroatoms. The summed E-state index contributed by atoms with van der Waals surface area (Å²) in [6.07, 6.45) is 3.62. The monoisotopic (exact) mass is 316 g/mol. The zero-order valence-electron chi connectivity index (χ0n) is 14.2. The van der Waals surface area contributed by atoms with Gasteiger partial charge in [-0.1, -0.05) is 31.9 Å². The number of ketones is 1. The van der Waals surface area contributed by atoms with E-state index in [-0.39, 0.29) is 17.0 Å². The molecule has 0 spiro atoms. The molecule has 4 fully saturated rings. The molecule has 2 atom stereocenters. The lowest BCUT2D eigenvalue weighted by Gasteiger charge is -2.59. The average molecular weight is 316 g/mol. The number of carbonyl (C=O) groups is 1. The highest BCUT2D eigenvalue weighted by Gasteiger charge is 2.69. The molecule has 0 amide bonds. The van der Waals surface area contributed by atoms with E-state index in [1.807, 2.05) is 12.1 Å². The zero-order chi connectivity index (χ0) is 16.2. The van der Waals surface area contributed by atoms with Crippen molar-refractivity contribution in [2.45, 2.75) is 39.3 Å². The molecule has 0 radical (unpaired) electrons. The Morgan fingerprint density at radius 1 is 1.17 bits per heavy atom. The van der Waals surface area contributed by atoms with Gasteiger partial charge < -0.3 is 5.11 Å². The van der Waals surface area contributed by atoms with E-state index in [2.05, 4.69) is 19.9 Å². The van der Waals surface area contributed by atoms with Crippen molar-refractivity contribution in [2.75, 3.05) is 26.2 Å². The van der Waals surface area contributed by atoms with E-state index in [9.17, 15) is 9.90 Å². The lowest BCUT2D eigenvalue weighted by atomic mass is 9.59. The number of unbranched alkanes of at least 4 members (excludes halogenated alkanes) is 1. The molecule has 1 aromatic carbocycles. The molecule has 4 bridgehead atoms. The van der Waals surface area contributed by atoms with E-state index < -0.39 is 0 Å². The minimum Gasteiger partial charge on any atom is -0.507 e. The second kappa shape index (κ2) is 5.05. The number of piperidine rings is 2. The lowest BCUT2D eigenvalue weighted by Crippen LogP contribution is -3.41. The molecule has 5 rings (SSSR count). The number of hydrogen-bond acceptors (Lipinski definition) is 2. The normalized spacial score (nSPS) is 41.5. The van der Waals surface area contributed by atoms with Crippen molar-refractivity contribution in [1.82, 2.24) is 0 Å². The van der Waals surface area contributed by atoms with Crippen molar-refractivity contribution in [3.63, 3.8) is 0 Å². The molecule has 23 heavy (non-hydrogen) atoms. The fourth-order valence-electron chi connectivity index (χ4n) is 5.76. The lowest BCUT2D eigenvalue weighted by molar-refractivity contribution is -1.18. The third-order valence-corrected chi connectivity index (χ3v) is 6.47. The van der Waals surface area contributed by atoms with Gasteiger partial charge in [0.2, 0.25) is 6.17 Å². The third kappa shape index (κ3) is 2.08. The van der Waals surface area contributed by atoms with Crippen LogP contribution in [-0.2, 0) is 4.79 Å². The number of rotatable bonds is 4. The van der Waals surface area contributed by atoms with E-state index >= 15 is 0 Å². The van der Waals surface area contributed by atoms with Crippen LogP contribution in [0.25, 0.3) is 0 Å². The number of Topliss-reactive ketones (excluding diaryl/α,β-unsaturated/α-hetero) is 1. The van der Waals surface area contributed by atoms with Crippen LogP contribution in [-0.4, -0.2) is 37.1 Å². The number of benzene rings is 1. The van der Waals surface area contributed by atoms with Crippen molar-refractivity contribution in [3.05, 3.63) is 29.8 Å². The van der Waals surface area contributed by atoms with E-state index in [1.165, 1.54) is 9.80 Å². The van der Waals surface area contributed by atoms with Crippen LogP contribution in [0.3, 0.4) is 0 Å². The highest BCUT2D eigenvalue weighted by atomic mass is 16.3. The zero-order valence-corrected chi connectivity index (χ0v) is 14.2. The van der Waals surface area contributed by atoms with Crippen molar-refractivity contribution >= 4 is 5.78 Å². The average Bonchev–Trinajstić information content (AvgIpc) is 2.51. The van der Waals surface area contributed by atoms with Gasteiger partial charge in [-0.2, -0.15) is 0 Å². The first-order chi connectivity index (χ1) is 11.0. The Kier molecular flexibility index (Phi) is 3.33. The van der Waals surface area contributed by atoms with Gasteiger partial charge in [0.05, 0.1) is 0 Å². The van der Waals surface area contributed by atoms with Gasteiger partial charge in [-0.25, -0.2) is 0 Å². The van der Waals surface area contributed by atoms with Crippen LogP contribution in [0.2, 0.25) is 0 Å². The number of phenols is 1. The first-order valence-electron chi connectivity index (χ1n) is 9.01. The topological polar surface area (TPSA) is 46.2 Å². The summed E-state index contributed by atoms with van der Waals surface area (Å²) < 4.78 is 0. The number of para-hydroxylation sites is 1. The van der Waals surface area contributed by atoms with Crippen molar-refractivity contribution in [2.24, 2.45) is 10.8 Å². The molecule has 3 N–H and O–H groups in total. The van der Waals surface area contributed by atoms with E-state index in [0.29, 0.717) is 11.5 Å². The van der Waals surface area contributed by atoms with Crippen LogP contribution in [0.4, 0.5) is 0 Å². The number of nitrogens with one attached hydrogen (secondary N) is 2. The van der Waals surface area contributed by atoms with Gasteiger partial charge in [0.25, 0.3) is 0 Å². The fourth-order valence-corrected chi connectivity index (χ4v) is 5.76. The standard InChI is InChI=1S/C19H26N2O2/c1-3-4-9-19-12-20-10-18(2,17(19)23)11-21(13-19)16(20)14-7-5-6-8-15(14)22/h5-8,16,22H,3-4,9-13H2,1-2H3/p+2. The molecule has 4 aliphatic heterocycles. The van der Waals surface area contributed by atoms with Crippen molar-refractivity contribution in [1.29, 1.82) is 0 Å². The Bertz CT molecular complexity index is 626. The smallest absolute Gasteiger partial charge is 0.243 e. The minimum atomic E-state index is -0.171. The van der Waals surface area contributed by atoms with Crippen LogP contribution >= 0.6 is 0 Å². The summed E-state index contributed by atoms with van der Waals surface area (Å²) in [4.78, 5) is 16.2. The van der Waals surface area contributed by atoms with Crippen LogP contribution < -0.4 is 9.80 Å². The Morgan fingerprint density at radius 2 is 1.83 bits per heavy atom. The predicted molar refractivity (Wildman–Crippen MR) is 87.3 cm³/mol. The fraction of sp³-hybridized carbons (Fsp3) is 0.632. The molecule has 2 unspecified atom stereocenters. The van der Waals surface area contributed by atoms with E-state index in [4.69, 9.17) is 0 Å². The van der Waals surface area contributed by atoms with Gasteiger partial charge >= 0.3 is 0 Å². The molecule has 124 valence electrons. The summed E-state index contributed by atoms with van der Waals surface area (Å²) in [5.41, 5.74) is 0.765. The number of aromatic hydroxyl groups is 1. The molecule has 4 heterocycles. The maximum atomic E-state index is 13.2. The first-order valence-corrected chi connectivity index (χ1v) is 9.01. The van der Waals surface area contributed by atoms with E-state index in [1.54, 1.807) is 6.07 Å². The van der Waals surface area contributed by atoms with Gasteiger partial charge in [-0.05, 0) is 25.5 Å². The van der Waals surface area contributed by atoms with Crippen LogP contribution in [0, 0.1) is 10.8 Å². The Balaban J connectivity index is 1.71. The first kappa shape index (κ1) is 15.2. The van der Waals surface area contributed by atoms with Crippen LogP contribution in [0.1, 0.15) is 44.8 Å².